The number of nitriles is 1. The molecule has 14 heavy (non-hydrogen) atoms. The van der Waals surface area contributed by atoms with Crippen LogP contribution in [0.5, 0.6) is 0 Å². The van der Waals surface area contributed by atoms with Crippen LogP contribution in [0.4, 0.5) is 0 Å². The Morgan fingerprint density at radius 3 is 3.07 bits per heavy atom. The van der Waals surface area contributed by atoms with Gasteiger partial charge in [-0.2, -0.15) is 5.26 Å². The Morgan fingerprint density at radius 2 is 2.29 bits per heavy atom. The van der Waals surface area contributed by atoms with Crippen LogP contribution >= 0.6 is 0 Å². The number of nitrogens with zero attached hydrogens (tertiary/aromatic N) is 1. The first-order chi connectivity index (χ1) is 6.81. The lowest BCUT2D eigenvalue weighted by atomic mass is 10.1. The van der Waals surface area contributed by atoms with Gasteiger partial charge < -0.3 is 10.1 Å². The van der Waals surface area contributed by atoms with Crippen molar-refractivity contribution in [3.8, 4) is 6.07 Å². The molecule has 0 spiro atoms. The van der Waals surface area contributed by atoms with Crippen molar-refractivity contribution in [1.82, 2.24) is 4.98 Å². The highest BCUT2D eigenvalue weighted by molar-refractivity contribution is 5.79. The molecule has 1 atom stereocenters. The van der Waals surface area contributed by atoms with Crippen molar-refractivity contribution >= 4 is 10.9 Å². The second-order valence-corrected chi connectivity index (χ2v) is 3.20. The molecule has 0 bridgehead atoms. The predicted molar refractivity (Wildman–Crippen MR) is 53.5 cm³/mol. The van der Waals surface area contributed by atoms with Crippen LogP contribution in [-0.4, -0.2) is 10.1 Å². The molecule has 1 heterocycles. The van der Waals surface area contributed by atoms with E-state index in [-0.39, 0.29) is 6.42 Å². The van der Waals surface area contributed by atoms with Crippen LogP contribution in [0.2, 0.25) is 0 Å². The van der Waals surface area contributed by atoms with Gasteiger partial charge in [0.2, 0.25) is 0 Å². The molecule has 2 rings (SSSR count). The Hall–Kier alpha value is -1.79. The van der Waals surface area contributed by atoms with Crippen molar-refractivity contribution < 1.29 is 5.11 Å². The van der Waals surface area contributed by atoms with Gasteiger partial charge in [-0.05, 0) is 29.1 Å². The van der Waals surface area contributed by atoms with Gasteiger partial charge in [-0.25, -0.2) is 0 Å². The third-order valence-electron chi connectivity index (χ3n) is 2.25. The zero-order chi connectivity index (χ0) is 9.97. The minimum atomic E-state index is -0.681. The number of aliphatic hydroxyl groups excluding tert-OH is 1. The van der Waals surface area contributed by atoms with E-state index < -0.39 is 6.10 Å². The number of fused-ring (bicyclic) bond motifs is 1. The van der Waals surface area contributed by atoms with Crippen LogP contribution in [0.1, 0.15) is 18.1 Å². The molecule has 1 aromatic heterocycles. The van der Waals surface area contributed by atoms with E-state index in [1.807, 2.05) is 36.5 Å². The molecule has 0 aliphatic rings. The third kappa shape index (κ3) is 1.48. The smallest absolute Gasteiger partial charge is 0.0920 e. The molecule has 0 fully saturated rings. The maximum absolute atomic E-state index is 9.58. The lowest BCUT2D eigenvalue weighted by molar-refractivity contribution is 0.183. The standard InChI is InChI=1S/C11H10N2O/c12-5-3-11(14)9-1-2-10-8(7-9)4-6-13-10/h1-2,4,6-7,11,13-14H,3H2. The lowest BCUT2D eigenvalue weighted by Gasteiger charge is -2.06. The number of H-pyrrole nitrogens is 1. The fourth-order valence-electron chi connectivity index (χ4n) is 1.48. The van der Waals surface area contributed by atoms with Crippen molar-refractivity contribution in [3.05, 3.63) is 36.0 Å². The number of nitrogens with one attached hydrogen (secondary N) is 1. The molecule has 0 saturated carbocycles. The molecule has 3 heteroatoms. The first-order valence-electron chi connectivity index (χ1n) is 4.43. The number of benzene rings is 1. The average molecular weight is 186 g/mol. The van der Waals surface area contributed by atoms with Crippen LogP contribution < -0.4 is 0 Å². The second-order valence-electron chi connectivity index (χ2n) is 3.20. The summed E-state index contributed by atoms with van der Waals surface area (Å²) in [6.45, 7) is 0. The maximum Gasteiger partial charge on any atom is 0.0920 e. The summed E-state index contributed by atoms with van der Waals surface area (Å²) in [6, 6.07) is 9.53. The summed E-state index contributed by atoms with van der Waals surface area (Å²) >= 11 is 0. The molecule has 2 aromatic rings. The zero-order valence-electron chi connectivity index (χ0n) is 7.57. The van der Waals surface area contributed by atoms with Crippen LogP contribution in [-0.2, 0) is 0 Å². The van der Waals surface area contributed by atoms with Crippen LogP contribution in [0, 0.1) is 11.3 Å². The molecular formula is C11H10N2O. The molecule has 0 radical (unpaired) electrons. The minimum Gasteiger partial charge on any atom is -0.387 e. The summed E-state index contributed by atoms with van der Waals surface area (Å²) in [6.07, 6.45) is 1.31. The summed E-state index contributed by atoms with van der Waals surface area (Å²) in [7, 11) is 0. The molecule has 0 aliphatic carbocycles. The van der Waals surface area contributed by atoms with E-state index in [1.165, 1.54) is 0 Å². The van der Waals surface area contributed by atoms with Crippen molar-refractivity contribution in [2.75, 3.05) is 0 Å². The van der Waals surface area contributed by atoms with Crippen molar-refractivity contribution in [3.63, 3.8) is 0 Å². The van der Waals surface area contributed by atoms with E-state index in [0.29, 0.717) is 0 Å². The molecule has 1 unspecified atom stereocenters. The van der Waals surface area contributed by atoms with Crippen molar-refractivity contribution in [2.45, 2.75) is 12.5 Å². The van der Waals surface area contributed by atoms with E-state index in [4.69, 9.17) is 5.26 Å². The summed E-state index contributed by atoms with van der Waals surface area (Å²) in [5.41, 5.74) is 1.83. The molecule has 0 saturated heterocycles. The number of hydrogen-bond acceptors (Lipinski definition) is 2. The normalized spacial score (nSPS) is 12.6. The minimum absolute atomic E-state index is 0.135. The fourth-order valence-corrected chi connectivity index (χ4v) is 1.48. The van der Waals surface area contributed by atoms with E-state index in [2.05, 4.69) is 4.98 Å². The van der Waals surface area contributed by atoms with Gasteiger partial charge >= 0.3 is 0 Å². The Balaban J connectivity index is 2.39. The highest BCUT2D eigenvalue weighted by Gasteiger charge is 2.07. The number of aromatic nitrogens is 1. The molecule has 2 N–H and O–H groups in total. The second kappa shape index (κ2) is 3.52. The monoisotopic (exact) mass is 186 g/mol. The van der Waals surface area contributed by atoms with Crippen LogP contribution in [0.25, 0.3) is 10.9 Å². The SMILES string of the molecule is N#CCC(O)c1ccc2[nH]ccc2c1. The summed E-state index contributed by atoms with van der Waals surface area (Å²) in [5, 5.41) is 19.1. The van der Waals surface area contributed by atoms with Gasteiger partial charge in [0, 0.05) is 11.7 Å². The molecule has 1 aromatic carbocycles. The van der Waals surface area contributed by atoms with Gasteiger partial charge in [0.05, 0.1) is 18.6 Å². The first-order valence-corrected chi connectivity index (χ1v) is 4.43. The number of hydrogen-bond donors (Lipinski definition) is 2. The number of aliphatic hydroxyl groups is 1. The Morgan fingerprint density at radius 1 is 1.43 bits per heavy atom. The van der Waals surface area contributed by atoms with Crippen molar-refractivity contribution in [1.29, 1.82) is 5.26 Å². The highest BCUT2D eigenvalue weighted by atomic mass is 16.3. The molecular weight excluding hydrogens is 176 g/mol. The molecule has 3 nitrogen and oxygen atoms in total. The van der Waals surface area contributed by atoms with E-state index in [0.717, 1.165) is 16.5 Å². The topological polar surface area (TPSA) is 59.8 Å². The van der Waals surface area contributed by atoms with Gasteiger partial charge in [-0.3, -0.25) is 0 Å². The van der Waals surface area contributed by atoms with Gasteiger partial charge in [-0.1, -0.05) is 6.07 Å². The predicted octanol–water partition coefficient (Wildman–Crippen LogP) is 2.11. The van der Waals surface area contributed by atoms with Gasteiger partial charge in [-0.15, -0.1) is 0 Å². The summed E-state index contributed by atoms with van der Waals surface area (Å²) in [4.78, 5) is 3.07. The third-order valence-corrected chi connectivity index (χ3v) is 2.25. The highest BCUT2D eigenvalue weighted by Crippen LogP contribution is 2.21. The van der Waals surface area contributed by atoms with E-state index in [1.54, 1.807) is 0 Å². The first kappa shape index (κ1) is 8.79. The quantitative estimate of drug-likeness (QED) is 0.754. The Kier molecular flexibility index (Phi) is 2.21. The van der Waals surface area contributed by atoms with E-state index >= 15 is 0 Å². The van der Waals surface area contributed by atoms with Crippen LogP contribution in [0.3, 0.4) is 0 Å². The summed E-state index contributed by atoms with van der Waals surface area (Å²) in [5.74, 6) is 0. The van der Waals surface area contributed by atoms with Gasteiger partial charge in [0.15, 0.2) is 0 Å². The average Bonchev–Trinajstić information content (AvgIpc) is 2.64. The van der Waals surface area contributed by atoms with Crippen molar-refractivity contribution in [2.24, 2.45) is 0 Å². The summed E-state index contributed by atoms with van der Waals surface area (Å²) < 4.78 is 0. The van der Waals surface area contributed by atoms with Gasteiger partial charge in [0.1, 0.15) is 0 Å². The molecule has 70 valence electrons. The maximum atomic E-state index is 9.58. The molecule has 0 amide bonds. The Bertz CT molecular complexity index is 481. The Labute approximate surface area is 81.6 Å². The van der Waals surface area contributed by atoms with E-state index in [9.17, 15) is 5.11 Å². The lowest BCUT2D eigenvalue weighted by Crippen LogP contribution is -1.94. The fraction of sp³-hybridized carbons (Fsp3) is 0.182. The van der Waals surface area contributed by atoms with Crippen LogP contribution in [0.15, 0.2) is 30.5 Å². The number of rotatable bonds is 2. The number of aromatic amines is 1. The van der Waals surface area contributed by atoms with Gasteiger partial charge in [0.25, 0.3) is 0 Å². The largest absolute Gasteiger partial charge is 0.387 e. The molecule has 0 aliphatic heterocycles. The zero-order valence-corrected chi connectivity index (χ0v) is 7.57.